The van der Waals surface area contributed by atoms with Crippen molar-refractivity contribution in [3.05, 3.63) is 72.5 Å². The van der Waals surface area contributed by atoms with Gasteiger partial charge in [0.05, 0.1) is 18.3 Å². The highest BCUT2D eigenvalue weighted by Gasteiger charge is 2.27. The number of methoxy groups -OCH3 is 1. The fourth-order valence-electron chi connectivity index (χ4n) is 4.56. The van der Waals surface area contributed by atoms with Gasteiger partial charge < -0.3 is 14.5 Å². The van der Waals surface area contributed by atoms with Gasteiger partial charge in [0.15, 0.2) is 16.5 Å². The summed E-state index contributed by atoms with van der Waals surface area (Å²) in [4.78, 5) is 43.2. The van der Waals surface area contributed by atoms with E-state index in [0.29, 0.717) is 54.3 Å². The van der Waals surface area contributed by atoms with Crippen LogP contribution in [0.3, 0.4) is 0 Å². The topological polar surface area (TPSA) is 148 Å². The number of hydrogen-bond acceptors (Lipinski definition) is 10. The van der Waals surface area contributed by atoms with E-state index in [2.05, 4.69) is 19.7 Å². The van der Waals surface area contributed by atoms with E-state index in [1.54, 1.807) is 17.0 Å². The molecular weight excluding hydrogens is 603 g/mol. The number of amides is 1. The van der Waals surface area contributed by atoms with Gasteiger partial charge in [-0.05, 0) is 31.2 Å². The van der Waals surface area contributed by atoms with Crippen molar-refractivity contribution in [1.29, 1.82) is 0 Å². The second kappa shape index (κ2) is 12.2. The number of carbonyl (C=O) groups excluding carboxylic acids is 2. The number of allylic oxidation sites excluding steroid dienone is 1. The number of benzene rings is 1. The van der Waals surface area contributed by atoms with Crippen molar-refractivity contribution in [1.82, 2.24) is 24.8 Å². The van der Waals surface area contributed by atoms with Gasteiger partial charge in [0.25, 0.3) is 10.0 Å². The van der Waals surface area contributed by atoms with Crippen LogP contribution in [-0.2, 0) is 19.6 Å². The molecule has 0 unspecified atom stereocenters. The largest absolute Gasteiger partial charge is 0.480 e. The molecule has 1 aliphatic rings. The van der Waals surface area contributed by atoms with Crippen LogP contribution in [0.4, 0.5) is 24.7 Å². The Morgan fingerprint density at radius 2 is 1.68 bits per heavy atom. The molecule has 44 heavy (non-hydrogen) atoms. The molecule has 1 aromatic carbocycles. The highest BCUT2D eigenvalue weighted by Crippen LogP contribution is 2.32. The van der Waals surface area contributed by atoms with Crippen LogP contribution in [-0.4, -0.2) is 78.2 Å². The van der Waals surface area contributed by atoms with E-state index < -0.39 is 32.4 Å². The van der Waals surface area contributed by atoms with E-state index in [1.165, 1.54) is 44.8 Å². The van der Waals surface area contributed by atoms with Crippen LogP contribution in [0.25, 0.3) is 22.3 Å². The van der Waals surface area contributed by atoms with Crippen molar-refractivity contribution < 1.29 is 35.9 Å². The third-order valence-electron chi connectivity index (χ3n) is 6.63. The summed E-state index contributed by atoms with van der Waals surface area (Å²) in [7, 11) is -3.65. The first-order valence-electron chi connectivity index (χ1n) is 13.0. The van der Waals surface area contributed by atoms with Crippen LogP contribution in [0.1, 0.15) is 6.92 Å². The highest BCUT2D eigenvalue weighted by atomic mass is 32.2. The molecule has 3 aromatic heterocycles. The number of fused-ring (bicyclic) bond motifs is 1. The van der Waals surface area contributed by atoms with E-state index in [-0.39, 0.29) is 35.4 Å². The quantitative estimate of drug-likeness (QED) is 0.289. The Hall–Kier alpha value is -5.12. The Morgan fingerprint density at radius 3 is 2.34 bits per heavy atom. The van der Waals surface area contributed by atoms with E-state index >= 15 is 0 Å². The third kappa shape index (κ3) is 6.29. The molecule has 0 bridgehead atoms. The van der Waals surface area contributed by atoms with Crippen LogP contribution in [0.5, 0.6) is 5.88 Å². The Morgan fingerprint density at radius 1 is 0.977 bits per heavy atom. The normalized spacial score (nSPS) is 13.8. The standard InChI is InChI=1S/C28H24F3N7O5S/c1-16(39)3-6-24(40)37-7-9-38(10-8-37)27-25-22(33-15-34-27)5-4-21(35-25)17-11-23(28(43-2)32-14-17)36-44(41,42)26-19(30)12-18(29)13-20(26)31/h3-6,11-15,36H,7-10H2,1-2H3/b6-3+. The summed E-state index contributed by atoms with van der Waals surface area (Å²) < 4.78 is 75.0. The molecule has 5 rings (SSSR count). The predicted octanol–water partition coefficient (Wildman–Crippen LogP) is 3.11. The first-order chi connectivity index (χ1) is 21.0. The van der Waals surface area contributed by atoms with Crippen molar-refractivity contribution in [2.75, 3.05) is 42.9 Å². The molecule has 1 N–H and O–H groups in total. The van der Waals surface area contributed by atoms with Crippen LogP contribution >= 0.6 is 0 Å². The lowest BCUT2D eigenvalue weighted by atomic mass is 10.1. The number of ketones is 1. The molecule has 16 heteroatoms. The number of halogens is 3. The maximum Gasteiger partial charge on any atom is 0.267 e. The van der Waals surface area contributed by atoms with Crippen LogP contribution in [0.15, 0.2) is 59.9 Å². The first kappa shape index (κ1) is 30.3. The fraction of sp³-hybridized carbons (Fsp3) is 0.214. The molecule has 4 aromatic rings. The zero-order valence-corrected chi connectivity index (χ0v) is 24.1. The minimum atomic E-state index is -4.88. The van der Waals surface area contributed by atoms with Crippen LogP contribution < -0.4 is 14.4 Å². The van der Waals surface area contributed by atoms with Gasteiger partial charge in [0.1, 0.15) is 35.0 Å². The van der Waals surface area contributed by atoms with Crippen molar-refractivity contribution in [3.63, 3.8) is 0 Å². The number of anilines is 2. The van der Waals surface area contributed by atoms with E-state index in [0.717, 1.165) is 0 Å². The molecule has 1 amide bonds. The van der Waals surface area contributed by atoms with Crippen LogP contribution in [0.2, 0.25) is 0 Å². The Labute approximate surface area is 249 Å². The minimum absolute atomic E-state index is 0.198. The zero-order chi connectivity index (χ0) is 31.6. The monoisotopic (exact) mass is 627 g/mol. The lowest BCUT2D eigenvalue weighted by Gasteiger charge is -2.35. The lowest BCUT2D eigenvalue weighted by molar-refractivity contribution is -0.126. The van der Waals surface area contributed by atoms with Gasteiger partial charge in [-0.3, -0.25) is 14.3 Å². The molecule has 228 valence electrons. The summed E-state index contributed by atoms with van der Waals surface area (Å²) in [5.41, 5.74) is 1.35. The molecule has 0 aliphatic carbocycles. The number of pyridine rings is 2. The van der Waals surface area contributed by atoms with Crippen molar-refractivity contribution in [2.24, 2.45) is 0 Å². The van der Waals surface area contributed by atoms with Gasteiger partial charge in [-0.25, -0.2) is 41.5 Å². The number of aromatic nitrogens is 4. The molecule has 0 spiro atoms. The summed E-state index contributed by atoms with van der Waals surface area (Å²) in [5.74, 6) is -4.68. The first-order valence-corrected chi connectivity index (χ1v) is 14.5. The molecule has 1 saturated heterocycles. The van der Waals surface area contributed by atoms with Crippen molar-refractivity contribution in [2.45, 2.75) is 11.8 Å². The second-order valence-corrected chi connectivity index (χ2v) is 11.2. The Bertz CT molecular complexity index is 1890. The SMILES string of the molecule is COc1ncc(-c2ccc3ncnc(N4CCN(C(=O)/C=C/C(C)=O)CC4)c3n2)cc1NS(=O)(=O)c1c(F)cc(F)cc1F. The number of piperazine rings is 1. The zero-order valence-electron chi connectivity index (χ0n) is 23.3. The summed E-state index contributed by atoms with van der Waals surface area (Å²) >= 11 is 0. The second-order valence-electron chi connectivity index (χ2n) is 9.60. The summed E-state index contributed by atoms with van der Waals surface area (Å²) in [6.07, 6.45) is 5.23. The number of nitrogens with zero attached hydrogens (tertiary/aromatic N) is 6. The molecule has 0 saturated carbocycles. The number of nitrogens with one attached hydrogen (secondary N) is 1. The average molecular weight is 628 g/mol. The molecule has 1 fully saturated rings. The minimum Gasteiger partial charge on any atom is -0.480 e. The Kier molecular flexibility index (Phi) is 8.44. The predicted molar refractivity (Wildman–Crippen MR) is 153 cm³/mol. The van der Waals surface area contributed by atoms with Gasteiger partial charge in [-0.15, -0.1) is 0 Å². The van der Waals surface area contributed by atoms with Gasteiger partial charge in [-0.1, -0.05) is 0 Å². The maximum absolute atomic E-state index is 14.3. The molecule has 12 nitrogen and oxygen atoms in total. The number of carbonyl (C=O) groups is 2. The summed E-state index contributed by atoms with van der Waals surface area (Å²) in [6.45, 7) is 3.00. The smallest absolute Gasteiger partial charge is 0.267 e. The highest BCUT2D eigenvalue weighted by molar-refractivity contribution is 7.92. The fourth-order valence-corrected chi connectivity index (χ4v) is 5.73. The van der Waals surface area contributed by atoms with Gasteiger partial charge in [0.2, 0.25) is 11.8 Å². The molecule has 0 radical (unpaired) electrons. The summed E-state index contributed by atoms with van der Waals surface area (Å²) in [6, 6.07) is 5.14. The van der Waals surface area contributed by atoms with E-state index in [9.17, 15) is 31.2 Å². The maximum atomic E-state index is 14.3. The molecule has 0 atom stereocenters. The van der Waals surface area contributed by atoms with Gasteiger partial charge >= 0.3 is 0 Å². The van der Waals surface area contributed by atoms with Gasteiger partial charge in [0, 0.05) is 56.1 Å². The number of rotatable bonds is 8. The van der Waals surface area contributed by atoms with Gasteiger partial charge in [-0.2, -0.15) is 0 Å². The molecular formula is C28H24F3N7O5S. The summed E-state index contributed by atoms with van der Waals surface area (Å²) in [5, 5.41) is 0. The van der Waals surface area contributed by atoms with E-state index in [4.69, 9.17) is 9.72 Å². The number of hydrogen-bond donors (Lipinski definition) is 1. The molecule has 4 heterocycles. The van der Waals surface area contributed by atoms with Crippen molar-refractivity contribution in [3.8, 4) is 17.1 Å². The molecule has 1 aliphatic heterocycles. The van der Waals surface area contributed by atoms with E-state index in [1.807, 2.05) is 4.90 Å². The van der Waals surface area contributed by atoms with Crippen molar-refractivity contribution >= 4 is 44.3 Å². The number of sulfonamides is 1. The van der Waals surface area contributed by atoms with Crippen LogP contribution in [0, 0.1) is 17.5 Å². The lowest BCUT2D eigenvalue weighted by Crippen LogP contribution is -2.48. The average Bonchev–Trinajstić information content (AvgIpc) is 2.98. The number of ether oxygens (including phenoxy) is 1. The Balaban J connectivity index is 1.45. The third-order valence-corrected chi connectivity index (χ3v) is 8.05.